The van der Waals surface area contributed by atoms with Gasteiger partial charge in [-0.05, 0) is 30.0 Å². The van der Waals surface area contributed by atoms with Crippen LogP contribution in [0, 0.1) is 11.3 Å². The second-order valence-electron chi connectivity index (χ2n) is 8.97. The van der Waals surface area contributed by atoms with Crippen LogP contribution in [0.15, 0.2) is 11.6 Å². The van der Waals surface area contributed by atoms with Crippen molar-refractivity contribution < 1.29 is 18.8 Å². The zero-order valence-electron chi connectivity index (χ0n) is 15.7. The summed E-state index contributed by atoms with van der Waals surface area (Å²) in [6, 6.07) is 0. The number of fused-ring (bicyclic) bond motifs is 1. The number of hydrogen-bond donors (Lipinski definition) is 0. The maximum Gasteiger partial charge on any atom is 0.341 e. The molecule has 1 fully saturated rings. The van der Waals surface area contributed by atoms with E-state index in [1.54, 1.807) is 6.08 Å². The highest BCUT2D eigenvalue weighted by Gasteiger charge is 2.73. The van der Waals surface area contributed by atoms with Gasteiger partial charge in [0.15, 0.2) is 14.1 Å². The fourth-order valence-corrected chi connectivity index (χ4v) is 5.28. The third-order valence-corrected chi connectivity index (χ3v) is 10.9. The topological polar surface area (TPSA) is 52.6 Å². The first kappa shape index (κ1) is 18.4. The molecule has 0 aromatic rings. The highest BCUT2D eigenvalue weighted by Crippen LogP contribution is 2.70. The number of ether oxygens (including phenoxy) is 1. The van der Waals surface area contributed by atoms with Crippen molar-refractivity contribution in [1.29, 1.82) is 0 Å². The van der Waals surface area contributed by atoms with E-state index < -0.39 is 14.3 Å². The van der Waals surface area contributed by atoms with Crippen molar-refractivity contribution in [2.75, 3.05) is 7.11 Å². The van der Waals surface area contributed by atoms with E-state index in [9.17, 15) is 9.59 Å². The van der Waals surface area contributed by atoms with Crippen LogP contribution in [0.2, 0.25) is 18.1 Å². The molecule has 0 aliphatic heterocycles. The first-order chi connectivity index (χ1) is 10.3. The number of carbonyl (C=O) groups excluding carboxylic acids is 2. The van der Waals surface area contributed by atoms with E-state index in [4.69, 9.17) is 9.16 Å². The molecular formula is C18H30O4Si. The fourth-order valence-electron chi connectivity index (χ4n) is 3.57. The van der Waals surface area contributed by atoms with E-state index in [1.165, 1.54) is 7.11 Å². The van der Waals surface area contributed by atoms with Gasteiger partial charge in [0.1, 0.15) is 0 Å². The molecule has 23 heavy (non-hydrogen) atoms. The highest BCUT2D eigenvalue weighted by molar-refractivity contribution is 6.74. The maximum atomic E-state index is 12.4. The van der Waals surface area contributed by atoms with Crippen LogP contribution in [-0.4, -0.2) is 32.8 Å². The molecule has 0 unspecified atom stereocenters. The summed E-state index contributed by atoms with van der Waals surface area (Å²) in [4.78, 5) is 24.2. The van der Waals surface area contributed by atoms with Crippen LogP contribution in [0.25, 0.3) is 0 Å². The average molecular weight is 339 g/mol. The predicted octanol–water partition coefficient (Wildman–Crippen LogP) is 3.87. The Morgan fingerprint density at radius 2 is 1.87 bits per heavy atom. The fraction of sp³-hybridized carbons (Fsp3) is 0.778. The van der Waals surface area contributed by atoms with Gasteiger partial charge in [-0.25, -0.2) is 4.79 Å². The van der Waals surface area contributed by atoms with Crippen molar-refractivity contribution in [2.45, 2.75) is 71.2 Å². The molecule has 2 rings (SSSR count). The highest BCUT2D eigenvalue weighted by atomic mass is 28.4. The van der Waals surface area contributed by atoms with E-state index in [-0.39, 0.29) is 33.3 Å². The van der Waals surface area contributed by atoms with Gasteiger partial charge in [-0.3, -0.25) is 4.79 Å². The summed E-state index contributed by atoms with van der Waals surface area (Å²) >= 11 is 0. The monoisotopic (exact) mass is 338 g/mol. The number of esters is 1. The van der Waals surface area contributed by atoms with Crippen LogP contribution >= 0.6 is 0 Å². The molecule has 0 saturated heterocycles. The van der Waals surface area contributed by atoms with Crippen LogP contribution in [0.1, 0.15) is 47.5 Å². The third kappa shape index (κ3) is 2.72. The second-order valence-corrected chi connectivity index (χ2v) is 13.7. The van der Waals surface area contributed by atoms with Gasteiger partial charge in [-0.15, -0.1) is 0 Å². The molecule has 0 radical (unpaired) electrons. The van der Waals surface area contributed by atoms with Crippen LogP contribution in [0.3, 0.4) is 0 Å². The Morgan fingerprint density at radius 3 is 2.35 bits per heavy atom. The minimum Gasteiger partial charge on any atom is -0.465 e. The molecule has 0 spiro atoms. The van der Waals surface area contributed by atoms with Gasteiger partial charge in [-0.1, -0.05) is 40.7 Å². The largest absolute Gasteiger partial charge is 0.465 e. The van der Waals surface area contributed by atoms with Gasteiger partial charge >= 0.3 is 5.97 Å². The minimum absolute atomic E-state index is 0.0453. The van der Waals surface area contributed by atoms with E-state index >= 15 is 0 Å². The Morgan fingerprint density at radius 1 is 1.30 bits per heavy atom. The number of hydrogen-bond acceptors (Lipinski definition) is 4. The first-order valence-corrected chi connectivity index (χ1v) is 11.2. The Bertz CT molecular complexity index is 568. The summed E-state index contributed by atoms with van der Waals surface area (Å²) in [5.41, 5.74) is -0.189. The van der Waals surface area contributed by atoms with Gasteiger partial charge in [0.05, 0.1) is 18.3 Å². The number of ketones is 1. The lowest BCUT2D eigenvalue weighted by Crippen LogP contribution is -2.46. The van der Waals surface area contributed by atoms with Crippen LogP contribution in [-0.2, 0) is 18.8 Å². The Kier molecular flexibility index (Phi) is 4.22. The molecule has 0 heterocycles. The van der Waals surface area contributed by atoms with E-state index in [0.29, 0.717) is 12.8 Å². The smallest absolute Gasteiger partial charge is 0.341 e. The van der Waals surface area contributed by atoms with E-state index in [1.807, 2.05) is 0 Å². The first-order valence-electron chi connectivity index (χ1n) is 8.32. The number of carbonyl (C=O) groups is 2. The second kappa shape index (κ2) is 5.28. The minimum atomic E-state index is -1.97. The van der Waals surface area contributed by atoms with E-state index in [2.05, 4.69) is 47.7 Å². The lowest BCUT2D eigenvalue weighted by molar-refractivity contribution is -0.137. The van der Waals surface area contributed by atoms with Crippen LogP contribution in [0.4, 0.5) is 0 Å². The molecule has 1 saturated carbocycles. The Hall–Kier alpha value is -0.943. The summed E-state index contributed by atoms with van der Waals surface area (Å²) in [6.45, 7) is 15.5. The van der Waals surface area contributed by atoms with Crippen LogP contribution < -0.4 is 0 Å². The molecule has 0 aromatic heterocycles. The number of rotatable bonds is 3. The summed E-state index contributed by atoms with van der Waals surface area (Å²) in [6.07, 6.45) is 2.71. The quantitative estimate of drug-likeness (QED) is 0.445. The maximum absolute atomic E-state index is 12.4. The summed E-state index contributed by atoms with van der Waals surface area (Å²) in [5, 5.41) is 0.107. The van der Waals surface area contributed by atoms with Gasteiger partial charge < -0.3 is 9.16 Å². The van der Waals surface area contributed by atoms with Gasteiger partial charge in [0.2, 0.25) is 0 Å². The predicted molar refractivity (Wildman–Crippen MR) is 92.6 cm³/mol. The SMILES string of the molecule is COC(=O)C1=CC[C@@]2(O[Si](C)(C)C(C)(C)C)[C@@H](CC1=O)C2(C)C. The molecule has 0 amide bonds. The van der Waals surface area contributed by atoms with Crippen LogP contribution in [0.5, 0.6) is 0 Å². The van der Waals surface area contributed by atoms with Gasteiger partial charge in [0, 0.05) is 12.3 Å². The van der Waals surface area contributed by atoms with Crippen molar-refractivity contribution in [3.63, 3.8) is 0 Å². The molecule has 4 nitrogen and oxygen atoms in total. The number of Topliss-reactive ketones (excluding diaryl/α,β-unsaturated/α-hetero) is 1. The molecule has 0 aromatic carbocycles. The molecule has 5 heteroatoms. The molecule has 2 aliphatic rings. The summed E-state index contributed by atoms with van der Waals surface area (Å²) in [5.74, 6) is -0.486. The molecule has 2 aliphatic carbocycles. The van der Waals surface area contributed by atoms with Crippen molar-refractivity contribution in [3.8, 4) is 0 Å². The number of methoxy groups -OCH3 is 1. The zero-order chi connectivity index (χ0) is 17.8. The van der Waals surface area contributed by atoms with Gasteiger partial charge in [-0.2, -0.15) is 0 Å². The molecule has 130 valence electrons. The normalized spacial score (nSPS) is 30.2. The molecule has 0 bridgehead atoms. The third-order valence-electron chi connectivity index (χ3n) is 6.39. The zero-order valence-corrected chi connectivity index (χ0v) is 16.7. The Labute approximate surface area is 140 Å². The van der Waals surface area contributed by atoms with Gasteiger partial charge in [0.25, 0.3) is 0 Å². The van der Waals surface area contributed by atoms with Crippen molar-refractivity contribution in [2.24, 2.45) is 11.3 Å². The molecular weight excluding hydrogens is 308 g/mol. The molecule has 2 atom stereocenters. The van der Waals surface area contributed by atoms with Crippen molar-refractivity contribution >= 4 is 20.1 Å². The molecule has 0 N–H and O–H groups in total. The summed E-state index contributed by atoms with van der Waals surface area (Å²) < 4.78 is 11.5. The average Bonchev–Trinajstić information content (AvgIpc) is 2.89. The van der Waals surface area contributed by atoms with E-state index in [0.717, 1.165) is 0 Å². The lowest BCUT2D eigenvalue weighted by Gasteiger charge is -2.41. The summed E-state index contributed by atoms with van der Waals surface area (Å²) in [7, 11) is -0.657. The Balaban J connectivity index is 2.36. The standard InChI is InChI=1S/C18H30O4Si/c1-16(2,3)23(7,8)22-18-10-9-12(15(20)21-6)13(19)11-14(18)17(18,4)5/h9,14H,10-11H2,1-8H3/t14-,18+/m0/s1. The van der Waals surface area contributed by atoms with Crippen molar-refractivity contribution in [3.05, 3.63) is 11.6 Å². The lowest BCUT2D eigenvalue weighted by atomic mass is 9.99. The van der Waals surface area contributed by atoms with Crippen molar-refractivity contribution in [1.82, 2.24) is 0 Å².